The Kier molecular flexibility index (Phi) is 3.37. The lowest BCUT2D eigenvalue weighted by Crippen LogP contribution is -2.21. The zero-order valence-electron chi connectivity index (χ0n) is 7.03. The Morgan fingerprint density at radius 3 is 2.58 bits per heavy atom. The van der Waals surface area contributed by atoms with Crippen molar-refractivity contribution in [1.82, 2.24) is 0 Å². The zero-order valence-corrected chi connectivity index (χ0v) is 7.03. The van der Waals surface area contributed by atoms with E-state index in [0.717, 1.165) is 6.42 Å². The summed E-state index contributed by atoms with van der Waals surface area (Å²) in [5.74, 6) is 2.56. The Morgan fingerprint density at radius 2 is 2.00 bits per heavy atom. The van der Waals surface area contributed by atoms with Gasteiger partial charge >= 0.3 is 0 Å². The van der Waals surface area contributed by atoms with Crippen molar-refractivity contribution in [2.75, 3.05) is 0 Å². The number of hydrogen-bond donors (Lipinski definition) is 1. The molecule has 1 atom stereocenters. The molecule has 0 unspecified atom stereocenters. The quantitative estimate of drug-likeness (QED) is 0.666. The molecule has 0 saturated carbocycles. The first-order valence-electron chi connectivity index (χ1n) is 4.06. The topological polar surface area (TPSA) is 26.0 Å². The van der Waals surface area contributed by atoms with Crippen LogP contribution in [0, 0.1) is 12.3 Å². The van der Waals surface area contributed by atoms with Crippen LogP contribution in [0.2, 0.25) is 0 Å². The molecule has 0 radical (unpaired) electrons. The van der Waals surface area contributed by atoms with E-state index in [0.29, 0.717) is 6.42 Å². The van der Waals surface area contributed by atoms with Gasteiger partial charge in [-0.15, -0.1) is 12.3 Å². The second-order valence-corrected chi connectivity index (χ2v) is 2.86. The Bertz CT molecular complexity index is 258. The maximum atomic E-state index is 5.77. The first-order valence-corrected chi connectivity index (χ1v) is 4.06. The number of hydrogen-bond acceptors (Lipinski definition) is 1. The van der Waals surface area contributed by atoms with Crippen LogP contribution in [0.25, 0.3) is 0 Å². The lowest BCUT2D eigenvalue weighted by molar-refractivity contribution is 0.689. The third-order valence-electron chi connectivity index (χ3n) is 1.72. The molecule has 1 heteroatoms. The van der Waals surface area contributed by atoms with Crippen LogP contribution in [0.5, 0.6) is 0 Å². The lowest BCUT2D eigenvalue weighted by Gasteiger charge is -2.06. The molecular formula is C11H13N. The highest BCUT2D eigenvalue weighted by Crippen LogP contribution is 2.02. The van der Waals surface area contributed by atoms with Gasteiger partial charge in [0.1, 0.15) is 0 Å². The van der Waals surface area contributed by atoms with E-state index in [2.05, 4.69) is 18.1 Å². The minimum absolute atomic E-state index is 0.0948. The molecule has 0 aliphatic heterocycles. The molecule has 0 saturated heterocycles. The van der Waals surface area contributed by atoms with Gasteiger partial charge in [0.25, 0.3) is 0 Å². The van der Waals surface area contributed by atoms with E-state index >= 15 is 0 Å². The summed E-state index contributed by atoms with van der Waals surface area (Å²) in [6.45, 7) is 0. The summed E-state index contributed by atoms with van der Waals surface area (Å²) in [5, 5.41) is 0. The number of benzene rings is 1. The molecule has 0 heterocycles. The summed E-state index contributed by atoms with van der Waals surface area (Å²) < 4.78 is 0. The molecule has 1 nitrogen and oxygen atoms in total. The van der Waals surface area contributed by atoms with Gasteiger partial charge in [-0.05, 0) is 12.0 Å². The van der Waals surface area contributed by atoms with Crippen LogP contribution in [0.15, 0.2) is 30.3 Å². The predicted molar refractivity (Wildman–Crippen MR) is 51.6 cm³/mol. The fraction of sp³-hybridized carbons (Fsp3) is 0.273. The second kappa shape index (κ2) is 4.58. The van der Waals surface area contributed by atoms with E-state index in [1.165, 1.54) is 5.56 Å². The average Bonchev–Trinajstić information content (AvgIpc) is 2.06. The molecule has 1 aromatic rings. The largest absolute Gasteiger partial charge is 0.327 e. The molecule has 12 heavy (non-hydrogen) atoms. The lowest BCUT2D eigenvalue weighted by atomic mass is 10.0. The van der Waals surface area contributed by atoms with Gasteiger partial charge in [-0.25, -0.2) is 0 Å². The molecule has 0 aromatic heterocycles. The van der Waals surface area contributed by atoms with Crippen LogP contribution in [0.4, 0.5) is 0 Å². The molecular weight excluding hydrogens is 146 g/mol. The fourth-order valence-corrected chi connectivity index (χ4v) is 1.14. The van der Waals surface area contributed by atoms with Crippen molar-refractivity contribution in [3.63, 3.8) is 0 Å². The van der Waals surface area contributed by atoms with Crippen molar-refractivity contribution < 1.29 is 0 Å². The van der Waals surface area contributed by atoms with Crippen molar-refractivity contribution in [2.45, 2.75) is 18.9 Å². The molecule has 0 bridgehead atoms. The van der Waals surface area contributed by atoms with Crippen molar-refractivity contribution in [3.8, 4) is 12.3 Å². The normalized spacial score (nSPS) is 12.0. The van der Waals surface area contributed by atoms with Gasteiger partial charge in [0.05, 0.1) is 0 Å². The van der Waals surface area contributed by atoms with Gasteiger partial charge in [0.15, 0.2) is 0 Å². The molecule has 62 valence electrons. The molecule has 0 spiro atoms. The second-order valence-electron chi connectivity index (χ2n) is 2.86. The summed E-state index contributed by atoms with van der Waals surface area (Å²) in [5.41, 5.74) is 7.02. The monoisotopic (exact) mass is 159 g/mol. The number of terminal acetylenes is 1. The standard InChI is InChI=1S/C11H13N/c1-2-6-11(12)9-10-7-4-3-5-8-10/h1,3-5,7-8,11H,6,9,12H2/t11-/m0/s1. The van der Waals surface area contributed by atoms with Crippen LogP contribution in [0.3, 0.4) is 0 Å². The highest BCUT2D eigenvalue weighted by molar-refractivity contribution is 5.16. The Labute approximate surface area is 73.6 Å². The summed E-state index contributed by atoms with van der Waals surface area (Å²) in [6, 6.07) is 10.2. The van der Waals surface area contributed by atoms with E-state index in [-0.39, 0.29) is 6.04 Å². The van der Waals surface area contributed by atoms with Crippen LogP contribution >= 0.6 is 0 Å². The maximum absolute atomic E-state index is 5.77. The first kappa shape index (κ1) is 8.83. The van der Waals surface area contributed by atoms with Crippen molar-refractivity contribution in [1.29, 1.82) is 0 Å². The van der Waals surface area contributed by atoms with Crippen LogP contribution in [0.1, 0.15) is 12.0 Å². The summed E-state index contributed by atoms with van der Waals surface area (Å²) >= 11 is 0. The predicted octanol–water partition coefficient (Wildman–Crippen LogP) is 1.58. The number of nitrogens with two attached hydrogens (primary N) is 1. The van der Waals surface area contributed by atoms with E-state index < -0.39 is 0 Å². The molecule has 0 amide bonds. The fourth-order valence-electron chi connectivity index (χ4n) is 1.14. The smallest absolute Gasteiger partial charge is 0.0241 e. The van der Waals surface area contributed by atoms with E-state index in [9.17, 15) is 0 Å². The van der Waals surface area contributed by atoms with Crippen LogP contribution < -0.4 is 5.73 Å². The van der Waals surface area contributed by atoms with Gasteiger partial charge in [-0.1, -0.05) is 30.3 Å². The van der Waals surface area contributed by atoms with Gasteiger partial charge in [-0.3, -0.25) is 0 Å². The Morgan fingerprint density at radius 1 is 1.33 bits per heavy atom. The number of rotatable bonds is 3. The molecule has 0 aliphatic carbocycles. The van der Waals surface area contributed by atoms with Gasteiger partial charge in [0.2, 0.25) is 0 Å². The third-order valence-corrected chi connectivity index (χ3v) is 1.72. The minimum Gasteiger partial charge on any atom is -0.327 e. The van der Waals surface area contributed by atoms with Gasteiger partial charge in [0, 0.05) is 12.5 Å². The summed E-state index contributed by atoms with van der Waals surface area (Å²) in [6.07, 6.45) is 6.67. The van der Waals surface area contributed by atoms with Crippen LogP contribution in [-0.2, 0) is 6.42 Å². The van der Waals surface area contributed by atoms with Gasteiger partial charge < -0.3 is 5.73 Å². The Hall–Kier alpha value is -1.26. The molecule has 1 rings (SSSR count). The summed E-state index contributed by atoms with van der Waals surface area (Å²) in [7, 11) is 0. The zero-order chi connectivity index (χ0) is 8.81. The molecule has 0 aliphatic rings. The molecule has 0 fully saturated rings. The average molecular weight is 159 g/mol. The van der Waals surface area contributed by atoms with E-state index in [1.54, 1.807) is 0 Å². The van der Waals surface area contributed by atoms with Crippen molar-refractivity contribution in [3.05, 3.63) is 35.9 Å². The first-order chi connectivity index (χ1) is 5.83. The maximum Gasteiger partial charge on any atom is 0.0241 e. The van der Waals surface area contributed by atoms with Crippen molar-refractivity contribution >= 4 is 0 Å². The van der Waals surface area contributed by atoms with Gasteiger partial charge in [-0.2, -0.15) is 0 Å². The van der Waals surface area contributed by atoms with E-state index in [4.69, 9.17) is 12.2 Å². The van der Waals surface area contributed by atoms with E-state index in [1.807, 2.05) is 18.2 Å². The minimum atomic E-state index is 0.0948. The van der Waals surface area contributed by atoms with Crippen LogP contribution in [-0.4, -0.2) is 6.04 Å². The molecule has 2 N–H and O–H groups in total. The highest BCUT2D eigenvalue weighted by atomic mass is 14.6. The highest BCUT2D eigenvalue weighted by Gasteiger charge is 2.00. The Balaban J connectivity index is 2.48. The SMILES string of the molecule is C#CC[C@H](N)Cc1ccccc1. The third kappa shape index (κ3) is 2.77. The van der Waals surface area contributed by atoms with Crippen molar-refractivity contribution in [2.24, 2.45) is 5.73 Å². The summed E-state index contributed by atoms with van der Waals surface area (Å²) in [4.78, 5) is 0. The molecule has 1 aromatic carbocycles.